The number of fused-ring (bicyclic) bond motifs is 2. The van der Waals surface area contributed by atoms with E-state index in [9.17, 15) is 4.79 Å². The van der Waals surface area contributed by atoms with Crippen LogP contribution in [0.2, 0.25) is 0 Å². The number of hydrogen-bond acceptors (Lipinski definition) is 4. The van der Waals surface area contributed by atoms with Crippen LogP contribution in [-0.4, -0.2) is 24.7 Å². The molecule has 4 rings (SSSR count). The van der Waals surface area contributed by atoms with Crippen molar-refractivity contribution in [3.63, 3.8) is 0 Å². The number of carbonyl (C=O) groups is 1. The number of aromatic nitrogens is 1. The molecule has 0 radical (unpaired) electrons. The van der Waals surface area contributed by atoms with Crippen molar-refractivity contribution in [3.8, 4) is 16.9 Å². The molecule has 0 N–H and O–H groups in total. The zero-order chi connectivity index (χ0) is 18.8. The monoisotopic (exact) mass is 357 g/mol. The van der Waals surface area contributed by atoms with E-state index >= 15 is 0 Å². The molecule has 0 saturated heterocycles. The Morgan fingerprint density at radius 3 is 2.59 bits per heavy atom. The predicted molar refractivity (Wildman–Crippen MR) is 107 cm³/mol. The van der Waals surface area contributed by atoms with Crippen LogP contribution < -0.4 is 4.74 Å². The maximum absolute atomic E-state index is 12.2. The number of pyridine rings is 1. The van der Waals surface area contributed by atoms with Gasteiger partial charge in [0.25, 0.3) is 0 Å². The van der Waals surface area contributed by atoms with Crippen LogP contribution in [0.25, 0.3) is 32.7 Å². The van der Waals surface area contributed by atoms with E-state index in [-0.39, 0.29) is 0 Å². The third kappa shape index (κ3) is 3.10. The Morgan fingerprint density at radius 1 is 0.963 bits per heavy atom. The van der Waals surface area contributed by atoms with Gasteiger partial charge in [-0.15, -0.1) is 0 Å². The van der Waals surface area contributed by atoms with Crippen molar-refractivity contribution in [2.45, 2.75) is 6.92 Å². The molecule has 0 spiro atoms. The zero-order valence-corrected chi connectivity index (χ0v) is 15.2. The summed E-state index contributed by atoms with van der Waals surface area (Å²) in [5.41, 5.74) is 2.48. The molecular weight excluding hydrogens is 338 g/mol. The van der Waals surface area contributed by atoms with E-state index in [0.29, 0.717) is 12.3 Å². The summed E-state index contributed by atoms with van der Waals surface area (Å²) in [7, 11) is 1.67. The molecule has 0 unspecified atom stereocenters. The second-order valence-electron chi connectivity index (χ2n) is 6.21. The molecular formula is C23H19NO3. The SMILES string of the molecule is CCOC(=O)c1nccc2cc(-c3cc(OC)cc4ccccc34)ccc12. The van der Waals surface area contributed by atoms with Gasteiger partial charge in [0.15, 0.2) is 5.69 Å². The number of methoxy groups -OCH3 is 1. The minimum Gasteiger partial charge on any atom is -0.497 e. The van der Waals surface area contributed by atoms with Gasteiger partial charge in [0.05, 0.1) is 13.7 Å². The smallest absolute Gasteiger partial charge is 0.357 e. The quantitative estimate of drug-likeness (QED) is 0.469. The Labute approximate surface area is 157 Å². The largest absolute Gasteiger partial charge is 0.497 e. The van der Waals surface area contributed by atoms with E-state index in [1.54, 1.807) is 20.2 Å². The summed E-state index contributed by atoms with van der Waals surface area (Å²) in [6, 6.07) is 20.2. The molecule has 4 nitrogen and oxygen atoms in total. The lowest BCUT2D eigenvalue weighted by atomic mass is 9.95. The number of ether oxygens (including phenoxy) is 2. The van der Waals surface area contributed by atoms with Gasteiger partial charge < -0.3 is 9.47 Å². The minimum absolute atomic E-state index is 0.324. The van der Waals surface area contributed by atoms with Gasteiger partial charge in [-0.05, 0) is 58.5 Å². The van der Waals surface area contributed by atoms with E-state index in [4.69, 9.17) is 9.47 Å². The number of carbonyl (C=O) groups excluding carboxylic acids is 1. The second-order valence-corrected chi connectivity index (χ2v) is 6.21. The minimum atomic E-state index is -0.400. The first-order valence-electron chi connectivity index (χ1n) is 8.84. The van der Waals surface area contributed by atoms with Gasteiger partial charge in [-0.3, -0.25) is 0 Å². The van der Waals surface area contributed by atoms with Gasteiger partial charge in [0, 0.05) is 11.6 Å². The highest BCUT2D eigenvalue weighted by Gasteiger charge is 2.14. The van der Waals surface area contributed by atoms with E-state index in [2.05, 4.69) is 23.2 Å². The Bertz CT molecular complexity index is 1150. The van der Waals surface area contributed by atoms with Gasteiger partial charge in [-0.1, -0.05) is 36.4 Å². The fourth-order valence-corrected chi connectivity index (χ4v) is 3.35. The van der Waals surface area contributed by atoms with Gasteiger partial charge in [-0.25, -0.2) is 9.78 Å². The molecule has 0 aliphatic heterocycles. The van der Waals surface area contributed by atoms with Crippen LogP contribution in [0.1, 0.15) is 17.4 Å². The molecule has 4 heteroatoms. The number of hydrogen-bond donors (Lipinski definition) is 0. The number of rotatable bonds is 4. The van der Waals surface area contributed by atoms with Crippen LogP contribution in [0, 0.1) is 0 Å². The average Bonchev–Trinajstić information content (AvgIpc) is 2.72. The molecule has 0 aliphatic carbocycles. The molecule has 0 atom stereocenters. The van der Waals surface area contributed by atoms with Crippen LogP contribution in [0.3, 0.4) is 0 Å². The summed E-state index contributed by atoms with van der Waals surface area (Å²) in [4.78, 5) is 16.4. The Balaban J connectivity index is 1.91. The highest BCUT2D eigenvalue weighted by atomic mass is 16.5. The first-order valence-corrected chi connectivity index (χ1v) is 8.84. The molecule has 0 saturated carbocycles. The van der Waals surface area contributed by atoms with E-state index in [0.717, 1.165) is 38.4 Å². The van der Waals surface area contributed by atoms with Crippen LogP contribution in [0.5, 0.6) is 5.75 Å². The summed E-state index contributed by atoms with van der Waals surface area (Å²) in [6.07, 6.45) is 1.64. The fourth-order valence-electron chi connectivity index (χ4n) is 3.35. The molecule has 1 aromatic heterocycles. The van der Waals surface area contributed by atoms with Crippen LogP contribution in [0.4, 0.5) is 0 Å². The standard InChI is InChI=1S/C23H19NO3/c1-3-27-23(25)22-20-9-8-16(12-17(20)10-11-24-22)21-14-18(26-2)13-15-6-4-5-7-19(15)21/h4-14H,3H2,1-2H3. The van der Waals surface area contributed by atoms with Crippen molar-refractivity contribution in [3.05, 3.63) is 72.6 Å². The van der Waals surface area contributed by atoms with Gasteiger partial charge in [-0.2, -0.15) is 0 Å². The molecule has 4 aromatic rings. The second kappa shape index (κ2) is 7.08. The van der Waals surface area contributed by atoms with Gasteiger partial charge in [0.1, 0.15) is 5.75 Å². The van der Waals surface area contributed by atoms with Gasteiger partial charge >= 0.3 is 5.97 Å². The summed E-state index contributed by atoms with van der Waals surface area (Å²) in [5, 5.41) is 4.00. The summed E-state index contributed by atoms with van der Waals surface area (Å²) in [5.74, 6) is 0.411. The highest BCUT2D eigenvalue weighted by Crippen LogP contribution is 2.34. The first-order chi connectivity index (χ1) is 13.2. The maximum Gasteiger partial charge on any atom is 0.357 e. The highest BCUT2D eigenvalue weighted by molar-refractivity contribution is 6.05. The van der Waals surface area contributed by atoms with E-state index < -0.39 is 5.97 Å². The molecule has 0 amide bonds. The maximum atomic E-state index is 12.2. The molecule has 27 heavy (non-hydrogen) atoms. The lowest BCUT2D eigenvalue weighted by Gasteiger charge is -2.12. The molecule has 3 aromatic carbocycles. The van der Waals surface area contributed by atoms with Crippen LogP contribution in [-0.2, 0) is 4.74 Å². The van der Waals surface area contributed by atoms with Crippen molar-refractivity contribution < 1.29 is 14.3 Å². The molecule has 0 fully saturated rings. The lowest BCUT2D eigenvalue weighted by molar-refractivity contribution is 0.0522. The Hall–Kier alpha value is -3.40. The molecule has 0 bridgehead atoms. The zero-order valence-electron chi connectivity index (χ0n) is 15.2. The summed E-state index contributed by atoms with van der Waals surface area (Å²) in [6.45, 7) is 2.11. The third-order valence-electron chi connectivity index (χ3n) is 4.62. The fraction of sp³-hybridized carbons (Fsp3) is 0.130. The molecule has 134 valence electrons. The van der Waals surface area contributed by atoms with E-state index in [1.807, 2.05) is 42.5 Å². The van der Waals surface area contributed by atoms with Crippen molar-refractivity contribution in [1.29, 1.82) is 0 Å². The van der Waals surface area contributed by atoms with E-state index in [1.165, 1.54) is 0 Å². The lowest BCUT2D eigenvalue weighted by Crippen LogP contribution is -2.07. The molecule has 0 aliphatic rings. The summed E-state index contributed by atoms with van der Waals surface area (Å²) >= 11 is 0. The van der Waals surface area contributed by atoms with Crippen molar-refractivity contribution in [2.75, 3.05) is 13.7 Å². The normalized spacial score (nSPS) is 10.9. The van der Waals surface area contributed by atoms with Crippen molar-refractivity contribution >= 4 is 27.5 Å². The van der Waals surface area contributed by atoms with Crippen LogP contribution >= 0.6 is 0 Å². The number of benzene rings is 3. The Kier molecular flexibility index (Phi) is 4.47. The predicted octanol–water partition coefficient (Wildman–Crippen LogP) is 5.24. The van der Waals surface area contributed by atoms with Crippen molar-refractivity contribution in [1.82, 2.24) is 4.98 Å². The Morgan fingerprint density at radius 2 is 1.78 bits per heavy atom. The number of nitrogens with zero attached hydrogens (tertiary/aromatic N) is 1. The molecule has 1 heterocycles. The third-order valence-corrected chi connectivity index (χ3v) is 4.62. The van der Waals surface area contributed by atoms with Crippen molar-refractivity contribution in [2.24, 2.45) is 0 Å². The van der Waals surface area contributed by atoms with Gasteiger partial charge in [0.2, 0.25) is 0 Å². The first kappa shape index (κ1) is 17.0. The number of esters is 1. The topological polar surface area (TPSA) is 48.4 Å². The average molecular weight is 357 g/mol. The summed E-state index contributed by atoms with van der Waals surface area (Å²) < 4.78 is 10.6. The van der Waals surface area contributed by atoms with Crippen LogP contribution in [0.15, 0.2) is 66.9 Å².